The molecule has 25 heavy (non-hydrogen) atoms. The molecule has 0 saturated heterocycles. The molecule has 6 nitrogen and oxygen atoms in total. The number of hydrogen-bond acceptors (Lipinski definition) is 6. The molecule has 1 aliphatic rings. The first kappa shape index (κ1) is 19.2. The average Bonchev–Trinajstić information content (AvgIpc) is 2.81. The van der Waals surface area contributed by atoms with Crippen molar-refractivity contribution in [3.63, 3.8) is 0 Å². The van der Waals surface area contributed by atoms with Crippen LogP contribution in [0.3, 0.4) is 0 Å². The normalized spacial score (nSPS) is 17.6. The molecule has 1 aliphatic heterocycles. The molecule has 0 radical (unpaired) electrons. The Balaban J connectivity index is 2.24. The van der Waals surface area contributed by atoms with E-state index in [9.17, 15) is 14.9 Å². The van der Waals surface area contributed by atoms with E-state index in [0.717, 1.165) is 10.4 Å². The first-order chi connectivity index (χ1) is 11.6. The first-order valence-corrected chi connectivity index (χ1v) is 8.86. The van der Waals surface area contributed by atoms with Gasteiger partial charge >= 0.3 is 5.97 Å². The van der Waals surface area contributed by atoms with Gasteiger partial charge in [0.1, 0.15) is 11.1 Å². The molecule has 0 aromatic carbocycles. The Kier molecular flexibility index (Phi) is 5.35. The Bertz CT molecular complexity index is 769. The summed E-state index contributed by atoms with van der Waals surface area (Å²) < 4.78 is 4.84. The smallest absolute Gasteiger partial charge is 0.330 e. The maximum atomic E-state index is 12.1. The Labute approximate surface area is 151 Å². The zero-order valence-corrected chi connectivity index (χ0v) is 16.0. The predicted octanol–water partition coefficient (Wildman–Crippen LogP) is 2.84. The van der Waals surface area contributed by atoms with E-state index in [0.29, 0.717) is 17.0 Å². The third kappa shape index (κ3) is 4.27. The van der Waals surface area contributed by atoms with E-state index in [1.807, 2.05) is 0 Å². The number of carbonyl (C=O) groups is 2. The van der Waals surface area contributed by atoms with Gasteiger partial charge in [0.2, 0.25) is 0 Å². The fraction of sp³-hybridized carbons (Fsp3) is 0.500. The van der Waals surface area contributed by atoms with E-state index in [1.165, 1.54) is 23.5 Å². The fourth-order valence-corrected chi connectivity index (χ4v) is 4.46. The third-order valence-corrected chi connectivity index (χ3v) is 5.33. The molecule has 2 heterocycles. The fourth-order valence-electron chi connectivity index (χ4n) is 3.22. The van der Waals surface area contributed by atoms with E-state index in [1.54, 1.807) is 6.92 Å². The second-order valence-electron chi connectivity index (χ2n) is 7.19. The van der Waals surface area contributed by atoms with Gasteiger partial charge in [0.15, 0.2) is 6.61 Å². The zero-order chi connectivity index (χ0) is 18.8. The monoisotopic (exact) mass is 361 g/mol. The molecule has 1 aromatic rings. The van der Waals surface area contributed by atoms with Crippen molar-refractivity contribution >= 4 is 28.2 Å². The van der Waals surface area contributed by atoms with Crippen molar-refractivity contribution in [2.24, 2.45) is 0 Å². The minimum atomic E-state index is -0.573. The van der Waals surface area contributed by atoms with Gasteiger partial charge in [-0.1, -0.05) is 6.08 Å². The molecule has 0 bridgehead atoms. The predicted molar refractivity (Wildman–Crippen MR) is 97.4 cm³/mol. The van der Waals surface area contributed by atoms with Gasteiger partial charge in [0.05, 0.1) is 5.56 Å². The highest BCUT2D eigenvalue weighted by Crippen LogP contribution is 2.44. The van der Waals surface area contributed by atoms with Gasteiger partial charge in [-0.3, -0.25) is 4.79 Å². The van der Waals surface area contributed by atoms with E-state index >= 15 is 0 Å². The topological polar surface area (TPSA) is 91.2 Å². The lowest BCUT2D eigenvalue weighted by Crippen LogP contribution is -2.54. The summed E-state index contributed by atoms with van der Waals surface area (Å²) in [5.74, 6) is -1.03. The molecular formula is C18H23N3O3S. The number of nitrogens with zero attached hydrogens (tertiary/aromatic N) is 1. The second kappa shape index (κ2) is 6.98. The summed E-state index contributed by atoms with van der Waals surface area (Å²) in [6.07, 6.45) is 3.49. The van der Waals surface area contributed by atoms with E-state index in [-0.39, 0.29) is 17.7 Å². The van der Waals surface area contributed by atoms with Crippen LogP contribution in [0.5, 0.6) is 0 Å². The van der Waals surface area contributed by atoms with Gasteiger partial charge in [-0.2, -0.15) is 5.26 Å². The number of esters is 1. The lowest BCUT2D eigenvalue weighted by molar-refractivity contribution is -0.142. The number of fused-ring (bicyclic) bond motifs is 1. The van der Waals surface area contributed by atoms with Crippen molar-refractivity contribution in [2.75, 3.05) is 11.9 Å². The van der Waals surface area contributed by atoms with Crippen LogP contribution in [-0.4, -0.2) is 24.0 Å². The highest BCUT2D eigenvalue weighted by molar-refractivity contribution is 7.17. The molecule has 1 amide bonds. The van der Waals surface area contributed by atoms with Crippen LogP contribution >= 0.6 is 11.3 Å². The van der Waals surface area contributed by atoms with Crippen molar-refractivity contribution in [1.29, 1.82) is 5.26 Å². The minimum absolute atomic E-state index is 0.146. The summed E-state index contributed by atoms with van der Waals surface area (Å²) in [5.41, 5.74) is 1.03. The molecule has 7 heteroatoms. The van der Waals surface area contributed by atoms with Crippen molar-refractivity contribution < 1.29 is 14.3 Å². The Morgan fingerprint density at radius 1 is 1.40 bits per heavy atom. The van der Waals surface area contributed by atoms with Crippen LogP contribution in [0.1, 0.15) is 50.6 Å². The number of rotatable bonds is 4. The van der Waals surface area contributed by atoms with Crippen molar-refractivity contribution in [2.45, 2.75) is 52.1 Å². The molecule has 0 fully saturated rings. The van der Waals surface area contributed by atoms with Crippen LogP contribution in [0.2, 0.25) is 0 Å². The van der Waals surface area contributed by atoms with Gasteiger partial charge in [0, 0.05) is 22.0 Å². The van der Waals surface area contributed by atoms with Crippen molar-refractivity contribution in [1.82, 2.24) is 5.32 Å². The van der Waals surface area contributed by atoms with Gasteiger partial charge < -0.3 is 15.4 Å². The largest absolute Gasteiger partial charge is 0.452 e. The molecule has 0 saturated carbocycles. The van der Waals surface area contributed by atoms with E-state index in [2.05, 4.69) is 44.4 Å². The quantitative estimate of drug-likeness (QED) is 0.636. The first-order valence-electron chi connectivity index (χ1n) is 8.04. The zero-order valence-electron chi connectivity index (χ0n) is 15.1. The van der Waals surface area contributed by atoms with Gasteiger partial charge in [-0.15, -0.1) is 11.3 Å². The highest BCUT2D eigenvalue weighted by Gasteiger charge is 2.40. The lowest BCUT2D eigenvalue weighted by atomic mass is 9.81. The summed E-state index contributed by atoms with van der Waals surface area (Å²) in [7, 11) is 0. The van der Waals surface area contributed by atoms with Crippen molar-refractivity contribution in [3.8, 4) is 6.07 Å². The van der Waals surface area contributed by atoms with Gasteiger partial charge in [-0.25, -0.2) is 4.79 Å². The molecular weight excluding hydrogens is 338 g/mol. The minimum Gasteiger partial charge on any atom is -0.452 e. The molecule has 0 unspecified atom stereocenters. The number of thiophene rings is 1. The van der Waals surface area contributed by atoms with Gasteiger partial charge in [-0.05, 0) is 46.6 Å². The molecule has 0 aliphatic carbocycles. The summed E-state index contributed by atoms with van der Waals surface area (Å²) in [6, 6.07) is 2.22. The van der Waals surface area contributed by atoms with Crippen LogP contribution in [0.25, 0.3) is 0 Å². The maximum Gasteiger partial charge on any atom is 0.330 e. The summed E-state index contributed by atoms with van der Waals surface area (Å²) >= 11 is 1.40. The maximum absolute atomic E-state index is 12.1. The Morgan fingerprint density at radius 3 is 2.68 bits per heavy atom. The summed E-state index contributed by atoms with van der Waals surface area (Å²) in [4.78, 5) is 24.4. The van der Waals surface area contributed by atoms with Crippen LogP contribution in [-0.2, 0) is 26.3 Å². The van der Waals surface area contributed by atoms with E-state index in [4.69, 9.17) is 4.74 Å². The number of carbonyl (C=O) groups excluding carboxylic acids is 2. The molecule has 2 rings (SSSR count). The van der Waals surface area contributed by atoms with Crippen LogP contribution in [0.4, 0.5) is 5.00 Å². The number of nitrogens with one attached hydrogen (secondary N) is 2. The Hall–Kier alpha value is -2.17. The number of nitriles is 1. The molecule has 1 aromatic heterocycles. The molecule has 2 N–H and O–H groups in total. The molecule has 0 atom stereocenters. The molecule has 0 spiro atoms. The Morgan fingerprint density at radius 2 is 2.08 bits per heavy atom. The van der Waals surface area contributed by atoms with Crippen LogP contribution < -0.4 is 10.6 Å². The lowest BCUT2D eigenvalue weighted by Gasteiger charge is -2.42. The SMILES string of the molecule is C/C=C/C(=O)OCC(=O)Nc1sc2c(c1C#N)CC(C)(C)NC2(C)C. The van der Waals surface area contributed by atoms with Gasteiger partial charge in [0.25, 0.3) is 5.91 Å². The summed E-state index contributed by atoms with van der Waals surface area (Å²) in [6.45, 7) is 9.62. The van der Waals surface area contributed by atoms with Crippen molar-refractivity contribution in [3.05, 3.63) is 28.2 Å². The standard InChI is InChI=1S/C18H23N3O3S/c1-6-7-14(23)24-10-13(22)20-16-12(9-19)11-8-17(2,3)21-18(4,5)15(11)25-16/h6-7,21H,8,10H2,1-5H3,(H,20,22)/b7-6+. The average molecular weight is 361 g/mol. The number of hydrogen-bond donors (Lipinski definition) is 2. The number of ether oxygens (including phenoxy) is 1. The van der Waals surface area contributed by atoms with Crippen LogP contribution in [0, 0.1) is 11.3 Å². The third-order valence-electron chi connectivity index (χ3n) is 3.86. The van der Waals surface area contributed by atoms with Crippen LogP contribution in [0.15, 0.2) is 12.2 Å². The number of anilines is 1. The highest BCUT2D eigenvalue weighted by atomic mass is 32.1. The second-order valence-corrected chi connectivity index (χ2v) is 8.21. The molecule has 134 valence electrons. The summed E-state index contributed by atoms with van der Waals surface area (Å²) in [5, 5.41) is 16.4. The number of allylic oxidation sites excluding steroid dienone is 1. The van der Waals surface area contributed by atoms with E-state index < -0.39 is 11.9 Å². The number of amides is 1.